The molecule has 5 nitrogen and oxygen atoms in total. The Morgan fingerprint density at radius 3 is 2.81 bits per heavy atom. The Kier molecular flexibility index (Phi) is 3.99. The number of rotatable bonds is 3. The average molecular weight is 284 g/mol. The molecule has 21 heavy (non-hydrogen) atoms. The maximum Gasteiger partial charge on any atom is 0.270 e. The summed E-state index contributed by atoms with van der Waals surface area (Å²) in [7, 11) is 0. The van der Waals surface area contributed by atoms with Gasteiger partial charge in [-0.2, -0.15) is 0 Å². The predicted molar refractivity (Wildman–Crippen MR) is 80.4 cm³/mol. The number of carbonyl (C=O) groups is 1. The second-order valence-electron chi connectivity index (χ2n) is 5.61. The van der Waals surface area contributed by atoms with Crippen LogP contribution < -0.4 is 5.32 Å². The zero-order valence-corrected chi connectivity index (χ0v) is 12.2. The highest BCUT2D eigenvalue weighted by atomic mass is 16.1. The highest BCUT2D eigenvalue weighted by molar-refractivity contribution is 5.94. The fraction of sp³-hybridized carbons (Fsp3) is 0.438. The fourth-order valence-electron chi connectivity index (χ4n) is 2.79. The Labute approximate surface area is 124 Å². The third-order valence-corrected chi connectivity index (χ3v) is 4.01. The van der Waals surface area contributed by atoms with Crippen molar-refractivity contribution in [1.82, 2.24) is 19.9 Å². The molecule has 1 N–H and O–H groups in total. The van der Waals surface area contributed by atoms with Crippen LogP contribution in [0.25, 0.3) is 5.82 Å². The minimum absolute atomic E-state index is 0.0682. The number of nitrogens with zero attached hydrogens (tertiary/aromatic N) is 3. The van der Waals surface area contributed by atoms with Crippen LogP contribution in [0.15, 0.2) is 30.9 Å². The molecule has 3 rings (SSSR count). The topological polar surface area (TPSA) is 59.8 Å². The van der Waals surface area contributed by atoms with E-state index in [4.69, 9.17) is 0 Å². The lowest BCUT2D eigenvalue weighted by molar-refractivity contribution is 0.0922. The minimum Gasteiger partial charge on any atom is -0.348 e. The third-order valence-electron chi connectivity index (χ3n) is 4.01. The fourth-order valence-corrected chi connectivity index (χ4v) is 2.79. The summed E-state index contributed by atoms with van der Waals surface area (Å²) in [4.78, 5) is 21.0. The molecule has 1 amide bonds. The van der Waals surface area contributed by atoms with Crippen LogP contribution in [0, 0.1) is 6.92 Å². The van der Waals surface area contributed by atoms with Crippen molar-refractivity contribution < 1.29 is 4.79 Å². The summed E-state index contributed by atoms with van der Waals surface area (Å²) >= 11 is 0. The van der Waals surface area contributed by atoms with Gasteiger partial charge in [0.15, 0.2) is 0 Å². The van der Waals surface area contributed by atoms with Gasteiger partial charge < -0.3 is 5.32 Å². The highest BCUT2D eigenvalue weighted by Crippen LogP contribution is 2.18. The van der Waals surface area contributed by atoms with Crippen LogP contribution >= 0.6 is 0 Å². The molecule has 0 unspecified atom stereocenters. The first-order valence-electron chi connectivity index (χ1n) is 7.51. The van der Waals surface area contributed by atoms with Gasteiger partial charge in [0.25, 0.3) is 5.91 Å². The molecule has 0 saturated heterocycles. The zero-order chi connectivity index (χ0) is 14.7. The van der Waals surface area contributed by atoms with Crippen LogP contribution in [0.1, 0.15) is 48.2 Å². The molecule has 1 saturated carbocycles. The van der Waals surface area contributed by atoms with E-state index < -0.39 is 0 Å². The molecule has 2 aromatic heterocycles. The number of pyridine rings is 1. The van der Waals surface area contributed by atoms with Crippen LogP contribution in [0.4, 0.5) is 0 Å². The van der Waals surface area contributed by atoms with E-state index in [-0.39, 0.29) is 5.91 Å². The summed E-state index contributed by atoms with van der Waals surface area (Å²) in [5.41, 5.74) is 1.40. The molecule has 0 spiro atoms. The molecule has 110 valence electrons. The third kappa shape index (κ3) is 3.12. The molecule has 0 aromatic carbocycles. The van der Waals surface area contributed by atoms with Gasteiger partial charge in [0.05, 0.1) is 0 Å². The van der Waals surface area contributed by atoms with E-state index in [9.17, 15) is 4.79 Å². The van der Waals surface area contributed by atoms with Gasteiger partial charge >= 0.3 is 0 Å². The maximum atomic E-state index is 12.5. The molecule has 2 heterocycles. The van der Waals surface area contributed by atoms with Crippen molar-refractivity contribution in [2.45, 2.75) is 45.1 Å². The van der Waals surface area contributed by atoms with Crippen molar-refractivity contribution in [3.8, 4) is 5.82 Å². The summed E-state index contributed by atoms with van der Waals surface area (Å²) in [5.74, 6) is 0.647. The second-order valence-corrected chi connectivity index (χ2v) is 5.61. The largest absolute Gasteiger partial charge is 0.348 e. The van der Waals surface area contributed by atoms with E-state index in [0.29, 0.717) is 17.6 Å². The van der Waals surface area contributed by atoms with Gasteiger partial charge in [-0.1, -0.05) is 25.3 Å². The Morgan fingerprint density at radius 1 is 1.29 bits per heavy atom. The molecule has 0 atom stereocenters. The standard InChI is InChI=1S/C16H20N4O/c1-12-7-8-14(20-10-9-17-11-20)19-15(12)16(21)18-13-5-3-2-4-6-13/h7-11,13H,2-6H2,1H3,(H,18,21). The summed E-state index contributed by atoms with van der Waals surface area (Å²) in [6.45, 7) is 1.92. The Hall–Kier alpha value is -2.17. The van der Waals surface area contributed by atoms with Gasteiger partial charge in [-0.25, -0.2) is 9.97 Å². The van der Waals surface area contributed by atoms with Gasteiger partial charge in [0, 0.05) is 18.4 Å². The predicted octanol–water partition coefficient (Wildman–Crippen LogP) is 2.64. The quantitative estimate of drug-likeness (QED) is 0.942. The molecule has 2 aromatic rings. The molecule has 0 aliphatic heterocycles. The number of imidazole rings is 1. The lowest BCUT2D eigenvalue weighted by Crippen LogP contribution is -2.37. The minimum atomic E-state index is -0.0682. The summed E-state index contributed by atoms with van der Waals surface area (Å²) in [5, 5.41) is 3.12. The number of hydrogen-bond donors (Lipinski definition) is 1. The van der Waals surface area contributed by atoms with Crippen LogP contribution in [0.3, 0.4) is 0 Å². The van der Waals surface area contributed by atoms with E-state index in [1.165, 1.54) is 19.3 Å². The molecule has 1 aliphatic rings. The normalized spacial score (nSPS) is 15.9. The molecule has 1 fully saturated rings. The molecule has 0 radical (unpaired) electrons. The highest BCUT2D eigenvalue weighted by Gasteiger charge is 2.19. The van der Waals surface area contributed by atoms with Gasteiger partial charge in [-0.3, -0.25) is 9.36 Å². The summed E-state index contributed by atoms with van der Waals surface area (Å²) < 4.78 is 1.80. The lowest BCUT2D eigenvalue weighted by Gasteiger charge is -2.23. The Balaban J connectivity index is 1.80. The van der Waals surface area contributed by atoms with Crippen LogP contribution in [0.2, 0.25) is 0 Å². The second kappa shape index (κ2) is 6.08. The van der Waals surface area contributed by atoms with Gasteiger partial charge in [0.1, 0.15) is 17.8 Å². The molecular formula is C16H20N4O. The zero-order valence-electron chi connectivity index (χ0n) is 12.2. The van der Waals surface area contributed by atoms with Crippen LogP contribution in [0.5, 0.6) is 0 Å². The molecule has 1 aliphatic carbocycles. The number of hydrogen-bond acceptors (Lipinski definition) is 3. The van der Waals surface area contributed by atoms with E-state index >= 15 is 0 Å². The van der Waals surface area contributed by atoms with E-state index in [0.717, 1.165) is 18.4 Å². The number of amides is 1. The first-order valence-corrected chi connectivity index (χ1v) is 7.51. The van der Waals surface area contributed by atoms with Gasteiger partial charge in [-0.05, 0) is 31.4 Å². The lowest BCUT2D eigenvalue weighted by atomic mass is 9.95. The van der Waals surface area contributed by atoms with E-state index in [2.05, 4.69) is 15.3 Å². The van der Waals surface area contributed by atoms with E-state index in [1.54, 1.807) is 17.1 Å². The van der Waals surface area contributed by atoms with Crippen LogP contribution in [-0.2, 0) is 0 Å². The van der Waals surface area contributed by atoms with Crippen molar-refractivity contribution in [2.24, 2.45) is 0 Å². The molecule has 5 heteroatoms. The van der Waals surface area contributed by atoms with E-state index in [1.807, 2.05) is 25.3 Å². The van der Waals surface area contributed by atoms with Crippen molar-refractivity contribution in [3.63, 3.8) is 0 Å². The number of aryl methyl sites for hydroxylation is 1. The number of aromatic nitrogens is 3. The van der Waals surface area contributed by atoms with Crippen molar-refractivity contribution in [1.29, 1.82) is 0 Å². The Bertz CT molecular complexity index is 615. The summed E-state index contributed by atoms with van der Waals surface area (Å²) in [6, 6.07) is 4.12. The first-order chi connectivity index (χ1) is 10.2. The van der Waals surface area contributed by atoms with Gasteiger partial charge in [-0.15, -0.1) is 0 Å². The summed E-state index contributed by atoms with van der Waals surface area (Å²) in [6.07, 6.45) is 11.0. The molecule has 0 bridgehead atoms. The number of carbonyl (C=O) groups excluding carboxylic acids is 1. The monoisotopic (exact) mass is 284 g/mol. The van der Waals surface area contributed by atoms with Crippen molar-refractivity contribution in [3.05, 3.63) is 42.1 Å². The van der Waals surface area contributed by atoms with Crippen molar-refractivity contribution in [2.75, 3.05) is 0 Å². The number of nitrogens with one attached hydrogen (secondary N) is 1. The van der Waals surface area contributed by atoms with Gasteiger partial charge in [0.2, 0.25) is 0 Å². The average Bonchev–Trinajstić information content (AvgIpc) is 3.03. The maximum absolute atomic E-state index is 12.5. The van der Waals surface area contributed by atoms with Crippen molar-refractivity contribution >= 4 is 5.91 Å². The smallest absolute Gasteiger partial charge is 0.270 e. The SMILES string of the molecule is Cc1ccc(-n2ccnc2)nc1C(=O)NC1CCCCC1. The Morgan fingerprint density at radius 2 is 2.10 bits per heavy atom. The first kappa shape index (κ1) is 13.8. The van der Waals surface area contributed by atoms with Crippen LogP contribution in [-0.4, -0.2) is 26.5 Å². The molecular weight excluding hydrogens is 264 g/mol.